The Morgan fingerprint density at radius 1 is 0.587 bits per heavy atom. The molecular formula is C43H51BN2. The van der Waals surface area contributed by atoms with Gasteiger partial charge in [0.15, 0.2) is 0 Å². The summed E-state index contributed by atoms with van der Waals surface area (Å²) >= 11 is 0. The topological polar surface area (TPSA) is 6.48 Å². The van der Waals surface area contributed by atoms with Crippen LogP contribution in [0.3, 0.4) is 0 Å². The number of anilines is 4. The van der Waals surface area contributed by atoms with Crippen LogP contribution in [-0.2, 0) is 10.8 Å². The van der Waals surface area contributed by atoms with E-state index < -0.39 is 0 Å². The van der Waals surface area contributed by atoms with Gasteiger partial charge in [-0.25, -0.2) is 0 Å². The quantitative estimate of drug-likeness (QED) is 0.236. The van der Waals surface area contributed by atoms with Crippen LogP contribution < -0.4 is 26.2 Å². The van der Waals surface area contributed by atoms with Gasteiger partial charge in [-0.3, -0.25) is 0 Å². The summed E-state index contributed by atoms with van der Waals surface area (Å²) in [5, 5.41) is 0. The van der Waals surface area contributed by atoms with E-state index in [4.69, 9.17) is 0 Å². The van der Waals surface area contributed by atoms with E-state index in [0.717, 1.165) is 23.7 Å². The van der Waals surface area contributed by atoms with Gasteiger partial charge in [0.05, 0.1) is 11.1 Å². The number of nitrogens with zero attached hydrogens (tertiary/aromatic N) is 2. The second kappa shape index (κ2) is 8.48. The van der Waals surface area contributed by atoms with Crippen LogP contribution in [0.4, 0.5) is 22.7 Å². The van der Waals surface area contributed by atoms with Gasteiger partial charge in [0, 0.05) is 33.6 Å². The van der Waals surface area contributed by atoms with Crippen molar-refractivity contribution in [2.75, 3.05) is 9.80 Å². The molecule has 3 aromatic rings. The first-order valence-corrected chi connectivity index (χ1v) is 19.2. The minimum absolute atomic E-state index is 0.0977. The molecule has 2 nitrogen and oxygen atoms in total. The highest BCUT2D eigenvalue weighted by Crippen LogP contribution is 2.68. The van der Waals surface area contributed by atoms with Gasteiger partial charge in [0.1, 0.15) is 0 Å². The molecule has 4 heterocycles. The zero-order chi connectivity index (χ0) is 31.0. The molecule has 0 aromatic heterocycles. The zero-order valence-corrected chi connectivity index (χ0v) is 28.9. The molecule has 0 radical (unpaired) electrons. The molecule has 8 aliphatic rings. The predicted molar refractivity (Wildman–Crippen MR) is 194 cm³/mol. The summed E-state index contributed by atoms with van der Waals surface area (Å²) in [6.45, 7) is 13.5. The van der Waals surface area contributed by atoms with Crippen molar-refractivity contribution < 1.29 is 0 Å². The van der Waals surface area contributed by atoms with E-state index in [-0.39, 0.29) is 21.9 Å². The Hall–Kier alpha value is -2.68. The molecule has 4 aliphatic heterocycles. The number of rotatable bonds is 0. The van der Waals surface area contributed by atoms with Crippen molar-refractivity contribution in [3.05, 3.63) is 65.2 Å². The van der Waals surface area contributed by atoms with Gasteiger partial charge in [-0.2, -0.15) is 0 Å². The Balaban J connectivity index is 1.19. The average molecular weight is 607 g/mol. The first-order chi connectivity index (χ1) is 22.2. The van der Waals surface area contributed by atoms with Crippen LogP contribution in [0, 0.1) is 30.6 Å². The Kier molecular flexibility index (Phi) is 5.03. The van der Waals surface area contributed by atoms with Crippen molar-refractivity contribution >= 4 is 45.9 Å². The number of fused-ring (bicyclic) bond motifs is 12. The summed E-state index contributed by atoms with van der Waals surface area (Å²) in [6, 6.07) is 20.1. The molecule has 46 heavy (non-hydrogen) atoms. The number of aryl methyl sites for hydroxylation is 1. The predicted octanol–water partition coefficient (Wildman–Crippen LogP) is 8.67. The molecule has 0 bridgehead atoms. The molecule has 0 saturated heterocycles. The van der Waals surface area contributed by atoms with E-state index >= 15 is 0 Å². The third-order valence-corrected chi connectivity index (χ3v) is 16.7. The zero-order valence-electron chi connectivity index (χ0n) is 28.9. The molecular weight excluding hydrogens is 555 g/mol. The minimum atomic E-state index is 0.0977. The molecule has 8 unspecified atom stereocenters. The molecule has 0 spiro atoms. The average Bonchev–Trinajstić information content (AvgIpc) is 3.38. The van der Waals surface area contributed by atoms with Crippen molar-refractivity contribution in [3.63, 3.8) is 0 Å². The molecule has 4 aliphatic carbocycles. The van der Waals surface area contributed by atoms with Gasteiger partial charge >= 0.3 is 0 Å². The SMILES string of the molecule is Cc1ccc2c3c1C1(C)CC4CCCCC4CC1(C)N3c1cccc3c1B2c1cccc2c1N3C1(C)CC3CCCCC3CC21C. The molecule has 236 valence electrons. The Labute approximate surface area is 277 Å². The maximum Gasteiger partial charge on any atom is 0.252 e. The molecule has 0 N–H and O–H groups in total. The van der Waals surface area contributed by atoms with Crippen molar-refractivity contribution in [3.8, 4) is 0 Å². The Morgan fingerprint density at radius 2 is 1.11 bits per heavy atom. The normalized spacial score (nSPS) is 40.3. The largest absolute Gasteiger partial charge is 0.335 e. The summed E-state index contributed by atoms with van der Waals surface area (Å²) in [5.74, 6) is 3.52. The van der Waals surface area contributed by atoms with Crippen LogP contribution in [-0.4, -0.2) is 17.8 Å². The van der Waals surface area contributed by atoms with Crippen molar-refractivity contribution in [1.29, 1.82) is 0 Å². The number of hydrogen-bond donors (Lipinski definition) is 0. The van der Waals surface area contributed by atoms with Crippen molar-refractivity contribution in [2.24, 2.45) is 23.7 Å². The smallest absolute Gasteiger partial charge is 0.252 e. The number of hydrogen-bond acceptors (Lipinski definition) is 2. The molecule has 4 fully saturated rings. The van der Waals surface area contributed by atoms with Crippen LogP contribution in [0.5, 0.6) is 0 Å². The maximum absolute atomic E-state index is 2.97. The molecule has 4 saturated carbocycles. The summed E-state index contributed by atoms with van der Waals surface area (Å²) in [7, 11) is 0. The van der Waals surface area contributed by atoms with Gasteiger partial charge < -0.3 is 9.80 Å². The van der Waals surface area contributed by atoms with Gasteiger partial charge in [-0.05, 0) is 115 Å². The maximum atomic E-state index is 2.97. The summed E-state index contributed by atoms with van der Waals surface area (Å²) in [4.78, 5) is 5.92. The lowest BCUT2D eigenvalue weighted by Gasteiger charge is -2.58. The lowest BCUT2D eigenvalue weighted by Crippen LogP contribution is -2.67. The number of benzene rings is 3. The molecule has 3 heteroatoms. The Morgan fingerprint density at radius 3 is 1.76 bits per heavy atom. The monoisotopic (exact) mass is 606 g/mol. The highest BCUT2D eigenvalue weighted by Gasteiger charge is 2.67. The molecule has 8 atom stereocenters. The molecule has 11 rings (SSSR count). The third-order valence-electron chi connectivity index (χ3n) is 16.7. The van der Waals surface area contributed by atoms with E-state index in [9.17, 15) is 0 Å². The third kappa shape index (κ3) is 2.82. The van der Waals surface area contributed by atoms with Gasteiger partial charge in [-0.15, -0.1) is 0 Å². The van der Waals surface area contributed by atoms with E-state index in [1.807, 2.05) is 0 Å². The van der Waals surface area contributed by atoms with Crippen LogP contribution in [0.25, 0.3) is 0 Å². The summed E-state index contributed by atoms with van der Waals surface area (Å²) < 4.78 is 0. The first-order valence-electron chi connectivity index (χ1n) is 19.2. The van der Waals surface area contributed by atoms with Crippen LogP contribution in [0.15, 0.2) is 48.5 Å². The standard InChI is InChI=1S/C43H51BN2/c1-26-20-21-33-39-36(26)41(3)23-28-13-7-9-15-30(28)25-43(41,5)46(39)35-19-11-18-34-37(35)44(33)32-17-10-16-31-38(32)45(34)42(4)24-29-14-8-6-12-27(29)22-40(31,42)2/h10-11,16-21,27-30H,6-9,12-15,22-25H2,1-5H3. The van der Waals surface area contributed by atoms with Gasteiger partial charge in [0.25, 0.3) is 6.71 Å². The lowest BCUT2D eigenvalue weighted by atomic mass is 9.33. The van der Waals surface area contributed by atoms with Crippen molar-refractivity contribution in [1.82, 2.24) is 0 Å². The number of para-hydroxylation sites is 1. The minimum Gasteiger partial charge on any atom is -0.335 e. The van der Waals surface area contributed by atoms with E-state index in [1.165, 1.54) is 94.0 Å². The van der Waals surface area contributed by atoms with Gasteiger partial charge in [-0.1, -0.05) is 102 Å². The highest BCUT2D eigenvalue weighted by molar-refractivity contribution is 7.00. The summed E-state index contributed by atoms with van der Waals surface area (Å²) in [5.41, 5.74) is 16.4. The van der Waals surface area contributed by atoms with E-state index in [0.29, 0.717) is 6.71 Å². The fourth-order valence-corrected chi connectivity index (χ4v) is 14.4. The second-order valence-corrected chi connectivity index (χ2v) is 18.4. The van der Waals surface area contributed by atoms with E-state index in [2.05, 4.69) is 92.9 Å². The molecule has 0 amide bonds. The highest BCUT2D eigenvalue weighted by atomic mass is 15.3. The second-order valence-electron chi connectivity index (χ2n) is 18.4. The van der Waals surface area contributed by atoms with Crippen LogP contribution in [0.2, 0.25) is 0 Å². The lowest BCUT2D eigenvalue weighted by molar-refractivity contribution is 0.0576. The van der Waals surface area contributed by atoms with Crippen LogP contribution in [0.1, 0.15) is 121 Å². The van der Waals surface area contributed by atoms with E-state index in [1.54, 1.807) is 38.9 Å². The van der Waals surface area contributed by atoms with Gasteiger partial charge in [0.2, 0.25) is 0 Å². The van der Waals surface area contributed by atoms with Crippen LogP contribution >= 0.6 is 0 Å². The molecule has 3 aromatic carbocycles. The fraction of sp³-hybridized carbons (Fsp3) is 0.581. The summed E-state index contributed by atoms with van der Waals surface area (Å²) in [6.07, 6.45) is 16.9. The first kappa shape index (κ1) is 27.3. The Bertz CT molecular complexity index is 1860. The fourth-order valence-electron chi connectivity index (χ4n) is 14.4. The van der Waals surface area contributed by atoms with Crippen molar-refractivity contribution in [2.45, 2.75) is 134 Å².